The van der Waals surface area contributed by atoms with Gasteiger partial charge in [0.1, 0.15) is 5.75 Å². The highest BCUT2D eigenvalue weighted by atomic mass is 16.3. The third kappa shape index (κ3) is 2.28. The second-order valence-corrected chi connectivity index (χ2v) is 7.94. The summed E-state index contributed by atoms with van der Waals surface area (Å²) in [6.07, 6.45) is 13.8. The van der Waals surface area contributed by atoms with Gasteiger partial charge in [-0.3, -0.25) is 0 Å². The van der Waals surface area contributed by atoms with Gasteiger partial charge in [-0.2, -0.15) is 0 Å². The highest BCUT2D eigenvalue weighted by molar-refractivity contribution is 5.74. The fourth-order valence-electron chi connectivity index (χ4n) is 5.38. The minimum absolute atomic E-state index is 0.401. The van der Waals surface area contributed by atoms with Crippen molar-refractivity contribution in [2.75, 3.05) is 0 Å². The number of benzene rings is 1. The standard InChI is InChI=1S/C22H28O/c1-3-4-5-16-7-11-21-20-9-6-15-14-17(23)8-10-18(15)19(20)12-13-22(16,21)2/h7-8,10,12,14,20-21,23H,3-6,9,11,13H2,1-2H3/t20?,21?,22-/m1/s1. The SMILES string of the molecule is CCCCC1=CCC2C3CCc4cc(O)ccc4C3=CC[C@]12C. The molecule has 1 N–H and O–H groups in total. The first kappa shape index (κ1) is 15.1. The number of hydrogen-bond donors (Lipinski definition) is 1. The quantitative estimate of drug-likeness (QED) is 0.691. The molecule has 1 aromatic rings. The minimum Gasteiger partial charge on any atom is -0.508 e. The summed E-state index contributed by atoms with van der Waals surface area (Å²) in [5, 5.41) is 9.76. The van der Waals surface area contributed by atoms with Gasteiger partial charge >= 0.3 is 0 Å². The van der Waals surface area contributed by atoms with E-state index in [9.17, 15) is 5.11 Å². The van der Waals surface area contributed by atoms with Crippen LogP contribution in [-0.4, -0.2) is 5.11 Å². The molecule has 1 aromatic carbocycles. The molecule has 0 saturated carbocycles. The maximum atomic E-state index is 9.76. The number of phenols is 1. The van der Waals surface area contributed by atoms with Crippen LogP contribution >= 0.6 is 0 Å². The lowest BCUT2D eigenvalue weighted by Gasteiger charge is -2.46. The van der Waals surface area contributed by atoms with Gasteiger partial charge in [0.15, 0.2) is 0 Å². The Morgan fingerprint density at radius 1 is 1.26 bits per heavy atom. The van der Waals surface area contributed by atoms with Crippen molar-refractivity contribution in [1.82, 2.24) is 0 Å². The summed E-state index contributed by atoms with van der Waals surface area (Å²) >= 11 is 0. The Labute approximate surface area is 140 Å². The van der Waals surface area contributed by atoms with E-state index >= 15 is 0 Å². The van der Waals surface area contributed by atoms with Gasteiger partial charge < -0.3 is 5.11 Å². The molecule has 0 radical (unpaired) electrons. The summed E-state index contributed by atoms with van der Waals surface area (Å²) in [5.74, 6) is 1.91. The first-order chi connectivity index (χ1) is 11.1. The summed E-state index contributed by atoms with van der Waals surface area (Å²) in [5.41, 5.74) is 6.45. The van der Waals surface area contributed by atoms with Gasteiger partial charge in [-0.15, -0.1) is 0 Å². The third-order valence-electron chi connectivity index (χ3n) is 6.73. The van der Waals surface area contributed by atoms with E-state index < -0.39 is 0 Å². The van der Waals surface area contributed by atoms with E-state index in [1.807, 2.05) is 12.1 Å². The van der Waals surface area contributed by atoms with Crippen molar-refractivity contribution in [3.63, 3.8) is 0 Å². The molecular formula is C22H28O. The molecule has 23 heavy (non-hydrogen) atoms. The van der Waals surface area contributed by atoms with Crippen molar-refractivity contribution >= 4 is 5.57 Å². The molecule has 2 unspecified atom stereocenters. The van der Waals surface area contributed by atoms with Crippen LogP contribution in [-0.2, 0) is 6.42 Å². The van der Waals surface area contributed by atoms with Crippen molar-refractivity contribution in [2.24, 2.45) is 17.3 Å². The number of rotatable bonds is 3. The van der Waals surface area contributed by atoms with E-state index in [0.717, 1.165) is 12.3 Å². The Hall–Kier alpha value is -1.50. The molecule has 0 bridgehead atoms. The first-order valence-corrected chi connectivity index (χ1v) is 9.35. The Kier molecular flexibility index (Phi) is 3.63. The molecule has 0 aromatic heterocycles. The average Bonchev–Trinajstić information content (AvgIpc) is 2.89. The number of allylic oxidation sites excluding steroid dienone is 4. The number of unbranched alkanes of at least 4 members (excludes halogenated alkanes) is 1. The van der Waals surface area contributed by atoms with Crippen molar-refractivity contribution < 1.29 is 5.11 Å². The van der Waals surface area contributed by atoms with Crippen LogP contribution in [0.3, 0.4) is 0 Å². The van der Waals surface area contributed by atoms with Gasteiger partial charge in [0.25, 0.3) is 0 Å². The molecule has 122 valence electrons. The van der Waals surface area contributed by atoms with Crippen LogP contribution in [0.5, 0.6) is 5.75 Å². The van der Waals surface area contributed by atoms with E-state index in [4.69, 9.17) is 0 Å². The molecule has 0 saturated heterocycles. The van der Waals surface area contributed by atoms with Gasteiger partial charge in [0, 0.05) is 0 Å². The zero-order valence-corrected chi connectivity index (χ0v) is 14.4. The molecular weight excluding hydrogens is 280 g/mol. The van der Waals surface area contributed by atoms with Crippen LogP contribution in [0.1, 0.15) is 63.5 Å². The number of phenolic OH excluding ortho intramolecular Hbond substituents is 1. The van der Waals surface area contributed by atoms with Crippen LogP contribution in [0.25, 0.3) is 5.57 Å². The van der Waals surface area contributed by atoms with Crippen LogP contribution in [0.2, 0.25) is 0 Å². The Morgan fingerprint density at radius 3 is 2.96 bits per heavy atom. The lowest BCUT2D eigenvalue weighted by molar-refractivity contribution is 0.187. The first-order valence-electron chi connectivity index (χ1n) is 9.35. The fourth-order valence-corrected chi connectivity index (χ4v) is 5.38. The van der Waals surface area contributed by atoms with Crippen LogP contribution in [0.4, 0.5) is 0 Å². The van der Waals surface area contributed by atoms with Crippen molar-refractivity contribution in [3.05, 3.63) is 47.1 Å². The summed E-state index contributed by atoms with van der Waals surface area (Å²) < 4.78 is 0. The zero-order valence-electron chi connectivity index (χ0n) is 14.4. The summed E-state index contributed by atoms with van der Waals surface area (Å²) in [6.45, 7) is 4.81. The molecule has 0 amide bonds. The molecule has 3 atom stereocenters. The molecule has 0 fully saturated rings. The van der Waals surface area contributed by atoms with E-state index in [-0.39, 0.29) is 0 Å². The number of fused-ring (bicyclic) bond motifs is 5. The summed E-state index contributed by atoms with van der Waals surface area (Å²) in [6, 6.07) is 5.97. The van der Waals surface area contributed by atoms with Crippen LogP contribution in [0.15, 0.2) is 35.9 Å². The molecule has 1 heteroatoms. The summed E-state index contributed by atoms with van der Waals surface area (Å²) in [7, 11) is 0. The highest BCUT2D eigenvalue weighted by Gasteiger charge is 2.48. The topological polar surface area (TPSA) is 20.2 Å². The largest absolute Gasteiger partial charge is 0.508 e. The monoisotopic (exact) mass is 308 g/mol. The van der Waals surface area contributed by atoms with E-state index in [2.05, 4.69) is 32.1 Å². The Bertz CT molecular complexity index is 681. The van der Waals surface area contributed by atoms with E-state index in [1.165, 1.54) is 49.7 Å². The van der Waals surface area contributed by atoms with Crippen molar-refractivity contribution in [2.45, 2.75) is 58.8 Å². The minimum atomic E-state index is 0.401. The van der Waals surface area contributed by atoms with E-state index in [1.54, 1.807) is 11.1 Å². The lowest BCUT2D eigenvalue weighted by atomic mass is 9.58. The Balaban J connectivity index is 1.67. The third-order valence-corrected chi connectivity index (χ3v) is 6.73. The maximum Gasteiger partial charge on any atom is 0.115 e. The van der Waals surface area contributed by atoms with Gasteiger partial charge in [0.2, 0.25) is 0 Å². The molecule has 0 aliphatic heterocycles. The second-order valence-electron chi connectivity index (χ2n) is 7.94. The number of aromatic hydroxyl groups is 1. The maximum absolute atomic E-state index is 9.76. The average molecular weight is 308 g/mol. The number of aryl methyl sites for hydroxylation is 1. The van der Waals surface area contributed by atoms with Gasteiger partial charge in [-0.1, -0.05) is 44.1 Å². The molecule has 1 nitrogen and oxygen atoms in total. The zero-order chi connectivity index (χ0) is 16.0. The van der Waals surface area contributed by atoms with Gasteiger partial charge in [0.05, 0.1) is 0 Å². The van der Waals surface area contributed by atoms with E-state index in [0.29, 0.717) is 17.1 Å². The highest BCUT2D eigenvalue weighted by Crippen LogP contribution is 2.59. The fraction of sp³-hybridized carbons (Fsp3) is 0.545. The second kappa shape index (κ2) is 5.54. The van der Waals surface area contributed by atoms with Crippen LogP contribution < -0.4 is 0 Å². The van der Waals surface area contributed by atoms with Gasteiger partial charge in [-0.05, 0) is 84.6 Å². The molecule has 0 spiro atoms. The van der Waals surface area contributed by atoms with Crippen molar-refractivity contribution in [1.29, 1.82) is 0 Å². The number of hydrogen-bond acceptors (Lipinski definition) is 1. The smallest absolute Gasteiger partial charge is 0.115 e. The Morgan fingerprint density at radius 2 is 2.13 bits per heavy atom. The molecule has 3 aliphatic carbocycles. The van der Waals surface area contributed by atoms with Crippen LogP contribution in [0, 0.1) is 17.3 Å². The predicted molar refractivity (Wildman–Crippen MR) is 96.3 cm³/mol. The molecule has 0 heterocycles. The molecule has 4 rings (SSSR count). The lowest BCUT2D eigenvalue weighted by Crippen LogP contribution is -2.36. The predicted octanol–water partition coefficient (Wildman–Crippen LogP) is 5.88. The van der Waals surface area contributed by atoms with Gasteiger partial charge in [-0.25, -0.2) is 0 Å². The molecule has 3 aliphatic rings. The van der Waals surface area contributed by atoms with Crippen molar-refractivity contribution in [3.8, 4) is 5.75 Å². The summed E-state index contributed by atoms with van der Waals surface area (Å²) in [4.78, 5) is 0. The normalized spacial score (nSPS) is 31.7.